The molecule has 0 aliphatic heterocycles. The van der Waals surface area contributed by atoms with Gasteiger partial charge in [0.25, 0.3) is 0 Å². The Balaban J connectivity index is 1.05. The van der Waals surface area contributed by atoms with E-state index in [9.17, 15) is 0 Å². The SMILES string of the molecule is c1ccc(-c2ccc(-c3nc(-c4ccc(-c5ccccc5)cc4)nc(-c4ccc5c(c4)C4(c6ccccc6-5)C5CC6CC(C5)CC4C6)n3)cc2)cc1. The Kier molecular flexibility index (Phi) is 6.74. The third-order valence-corrected chi connectivity index (χ3v) is 12.9. The van der Waals surface area contributed by atoms with E-state index in [0.29, 0.717) is 23.5 Å². The fraction of sp³-hybridized carbons (Fsp3) is 0.204. The Morgan fingerprint density at radius 3 is 1.29 bits per heavy atom. The first-order valence-corrected chi connectivity index (χ1v) is 19.0. The number of rotatable bonds is 5. The molecule has 5 aliphatic rings. The Morgan fingerprint density at radius 2 is 0.750 bits per heavy atom. The van der Waals surface area contributed by atoms with Crippen LogP contribution in [0.3, 0.4) is 0 Å². The number of hydrogen-bond acceptors (Lipinski definition) is 3. The smallest absolute Gasteiger partial charge is 0.164 e. The molecule has 0 unspecified atom stereocenters. The Morgan fingerprint density at radius 1 is 0.346 bits per heavy atom. The Bertz CT molecular complexity index is 2320. The van der Waals surface area contributed by atoms with Crippen molar-refractivity contribution in [3.8, 4) is 67.5 Å². The van der Waals surface area contributed by atoms with Gasteiger partial charge in [-0.15, -0.1) is 0 Å². The molecule has 1 spiro atoms. The van der Waals surface area contributed by atoms with Crippen LogP contribution >= 0.6 is 0 Å². The van der Waals surface area contributed by atoms with Crippen molar-refractivity contribution in [1.29, 1.82) is 0 Å². The highest BCUT2D eigenvalue weighted by Gasteiger charge is 2.61. The number of hydrogen-bond donors (Lipinski definition) is 0. The molecule has 5 aliphatic carbocycles. The van der Waals surface area contributed by atoms with Crippen LogP contribution in [0, 0.1) is 23.7 Å². The molecule has 0 atom stereocenters. The van der Waals surface area contributed by atoms with E-state index in [4.69, 9.17) is 15.0 Å². The first kappa shape index (κ1) is 30.0. The van der Waals surface area contributed by atoms with Gasteiger partial charge in [0, 0.05) is 22.1 Å². The van der Waals surface area contributed by atoms with Crippen LogP contribution < -0.4 is 0 Å². The summed E-state index contributed by atoms with van der Waals surface area (Å²) in [6.45, 7) is 0. The van der Waals surface area contributed by atoms with E-state index in [1.54, 1.807) is 5.56 Å². The van der Waals surface area contributed by atoms with Crippen molar-refractivity contribution in [2.24, 2.45) is 23.7 Å². The van der Waals surface area contributed by atoms with Crippen LogP contribution in [0.5, 0.6) is 0 Å². The minimum absolute atomic E-state index is 0.0919. The standard InChI is InChI=1S/C49H39N3/c1-3-9-33(10-4-1)35-15-19-37(20-16-35)46-50-47(38-21-17-36(18-22-38)34-11-5-2-6-12-34)52-48(51-46)39-23-24-43-42-13-7-8-14-44(42)49(45(43)30-39)40-26-31-25-32(28-40)29-41(49)27-31/h1-24,30-32,40-41H,25-29H2. The molecule has 12 rings (SSSR count). The third-order valence-electron chi connectivity index (χ3n) is 12.9. The monoisotopic (exact) mass is 669 g/mol. The van der Waals surface area contributed by atoms with Crippen molar-refractivity contribution in [2.75, 3.05) is 0 Å². The molecule has 0 amide bonds. The van der Waals surface area contributed by atoms with Crippen molar-refractivity contribution in [3.63, 3.8) is 0 Å². The van der Waals surface area contributed by atoms with E-state index >= 15 is 0 Å². The van der Waals surface area contributed by atoms with Gasteiger partial charge in [0.2, 0.25) is 0 Å². The summed E-state index contributed by atoms with van der Waals surface area (Å²) in [5, 5.41) is 0. The van der Waals surface area contributed by atoms with Crippen LogP contribution in [0.2, 0.25) is 0 Å². The summed E-state index contributed by atoms with van der Waals surface area (Å²) in [5.74, 6) is 5.34. The maximum Gasteiger partial charge on any atom is 0.164 e. The molecule has 1 aromatic heterocycles. The van der Waals surface area contributed by atoms with Crippen LogP contribution in [0.15, 0.2) is 152 Å². The molecule has 3 nitrogen and oxygen atoms in total. The number of benzene rings is 6. The van der Waals surface area contributed by atoms with Gasteiger partial charge in [-0.1, -0.05) is 146 Å². The summed E-state index contributed by atoms with van der Waals surface area (Å²) in [7, 11) is 0. The molecular weight excluding hydrogens is 631 g/mol. The van der Waals surface area contributed by atoms with Gasteiger partial charge in [0.1, 0.15) is 0 Å². The van der Waals surface area contributed by atoms with E-state index in [2.05, 4.69) is 152 Å². The normalized spacial score (nSPS) is 23.5. The van der Waals surface area contributed by atoms with Crippen LogP contribution in [0.1, 0.15) is 43.2 Å². The van der Waals surface area contributed by atoms with Gasteiger partial charge in [0.05, 0.1) is 0 Å². The van der Waals surface area contributed by atoms with E-state index in [1.807, 2.05) is 0 Å². The number of fused-ring (bicyclic) bond motifs is 3. The average Bonchev–Trinajstić information content (AvgIpc) is 3.50. The van der Waals surface area contributed by atoms with E-state index in [-0.39, 0.29) is 5.41 Å². The highest BCUT2D eigenvalue weighted by Crippen LogP contribution is 2.69. The fourth-order valence-electron chi connectivity index (χ4n) is 10.9. The van der Waals surface area contributed by atoms with Crippen LogP contribution in [0.25, 0.3) is 67.5 Å². The third kappa shape index (κ3) is 4.61. The summed E-state index contributed by atoms with van der Waals surface area (Å²) >= 11 is 0. The highest BCUT2D eigenvalue weighted by molar-refractivity contribution is 5.84. The predicted octanol–water partition coefficient (Wildman–Crippen LogP) is 11.9. The van der Waals surface area contributed by atoms with Crippen molar-refractivity contribution in [2.45, 2.75) is 37.5 Å². The van der Waals surface area contributed by atoms with Crippen LogP contribution in [-0.2, 0) is 5.41 Å². The second-order valence-corrected chi connectivity index (χ2v) is 15.7. The van der Waals surface area contributed by atoms with Crippen molar-refractivity contribution < 1.29 is 0 Å². The molecule has 1 heterocycles. The zero-order valence-corrected chi connectivity index (χ0v) is 29.1. The second kappa shape index (κ2) is 11.7. The first-order valence-electron chi connectivity index (χ1n) is 19.0. The lowest BCUT2D eigenvalue weighted by atomic mass is 9.43. The summed E-state index contributed by atoms with van der Waals surface area (Å²) in [5.41, 5.74) is 13.8. The van der Waals surface area contributed by atoms with Gasteiger partial charge in [-0.05, 0) is 106 Å². The maximum atomic E-state index is 5.24. The zero-order chi connectivity index (χ0) is 34.2. The molecule has 7 aromatic rings. The molecular formula is C49H39N3. The van der Waals surface area contributed by atoms with Gasteiger partial charge in [-0.2, -0.15) is 0 Å². The minimum Gasteiger partial charge on any atom is -0.208 e. The van der Waals surface area contributed by atoms with Gasteiger partial charge >= 0.3 is 0 Å². The topological polar surface area (TPSA) is 38.7 Å². The molecule has 6 aromatic carbocycles. The molecule has 250 valence electrons. The maximum absolute atomic E-state index is 5.24. The Labute approximate surface area is 305 Å². The highest BCUT2D eigenvalue weighted by atomic mass is 15.0. The van der Waals surface area contributed by atoms with Gasteiger partial charge in [-0.3, -0.25) is 0 Å². The molecule has 0 N–H and O–H groups in total. The van der Waals surface area contributed by atoms with Crippen LogP contribution in [0.4, 0.5) is 0 Å². The van der Waals surface area contributed by atoms with Crippen molar-refractivity contribution >= 4 is 0 Å². The fourth-order valence-corrected chi connectivity index (χ4v) is 10.9. The van der Waals surface area contributed by atoms with Crippen molar-refractivity contribution in [1.82, 2.24) is 15.0 Å². The van der Waals surface area contributed by atoms with Gasteiger partial charge in [0.15, 0.2) is 17.5 Å². The van der Waals surface area contributed by atoms with Crippen LogP contribution in [-0.4, -0.2) is 15.0 Å². The minimum atomic E-state index is 0.0919. The lowest BCUT2D eigenvalue weighted by molar-refractivity contribution is -0.0399. The largest absolute Gasteiger partial charge is 0.208 e. The molecule has 0 saturated heterocycles. The predicted molar refractivity (Wildman–Crippen MR) is 210 cm³/mol. The lowest BCUT2D eigenvalue weighted by Gasteiger charge is -2.61. The molecule has 4 fully saturated rings. The van der Waals surface area contributed by atoms with E-state index < -0.39 is 0 Å². The molecule has 4 bridgehead atoms. The van der Waals surface area contributed by atoms with E-state index in [1.165, 1.54) is 71.0 Å². The van der Waals surface area contributed by atoms with Crippen molar-refractivity contribution in [3.05, 3.63) is 163 Å². The molecule has 52 heavy (non-hydrogen) atoms. The van der Waals surface area contributed by atoms with Gasteiger partial charge < -0.3 is 0 Å². The molecule has 3 heteroatoms. The molecule has 4 saturated carbocycles. The summed E-state index contributed by atoms with van der Waals surface area (Å²) in [6.07, 6.45) is 6.91. The summed E-state index contributed by atoms with van der Waals surface area (Å²) in [6, 6.07) is 54.7. The lowest BCUT2D eigenvalue weighted by Crippen LogP contribution is -2.55. The first-order chi connectivity index (χ1) is 25.7. The zero-order valence-electron chi connectivity index (χ0n) is 29.1. The van der Waals surface area contributed by atoms with Gasteiger partial charge in [-0.25, -0.2) is 15.0 Å². The number of aromatic nitrogens is 3. The summed E-state index contributed by atoms with van der Waals surface area (Å²) < 4.78 is 0. The quantitative estimate of drug-likeness (QED) is 0.183. The summed E-state index contributed by atoms with van der Waals surface area (Å²) in [4.78, 5) is 15.6. The second-order valence-electron chi connectivity index (χ2n) is 15.7. The number of nitrogens with zero attached hydrogens (tertiary/aromatic N) is 3. The average molecular weight is 670 g/mol. The molecule has 0 radical (unpaired) electrons. The Hall–Kier alpha value is -5.67. The van der Waals surface area contributed by atoms with E-state index in [0.717, 1.165) is 34.4 Å².